The molecule has 0 radical (unpaired) electrons. The Bertz CT molecular complexity index is 632. The highest BCUT2D eigenvalue weighted by Gasteiger charge is 2.21. The van der Waals surface area contributed by atoms with Gasteiger partial charge in [-0.1, -0.05) is 31.5 Å². The fourth-order valence-corrected chi connectivity index (χ4v) is 3.48. The summed E-state index contributed by atoms with van der Waals surface area (Å²) in [5.41, 5.74) is 2.08. The van der Waals surface area contributed by atoms with Gasteiger partial charge in [0.15, 0.2) is 0 Å². The number of benzene rings is 2. The maximum Gasteiger partial charge on any atom is 0.150 e. The molecule has 1 saturated heterocycles. The van der Waals surface area contributed by atoms with E-state index in [1.54, 1.807) is 0 Å². The number of carbonyl (C=O) groups is 1. The van der Waals surface area contributed by atoms with Gasteiger partial charge in [-0.25, -0.2) is 0 Å². The number of aldehydes is 1. The second-order valence-electron chi connectivity index (χ2n) is 6.04. The third-order valence-electron chi connectivity index (χ3n) is 4.56. The van der Waals surface area contributed by atoms with Crippen LogP contribution in [-0.2, 0) is 0 Å². The van der Waals surface area contributed by atoms with Crippen molar-refractivity contribution in [3.63, 3.8) is 0 Å². The predicted octanol–water partition coefficient (Wildman–Crippen LogP) is 4.81. The number of carbonyl (C=O) groups excluding carboxylic acids is 1. The number of fused-ring (bicyclic) bond motifs is 1. The lowest BCUT2D eigenvalue weighted by molar-refractivity contribution is 0.112. The van der Waals surface area contributed by atoms with Gasteiger partial charge < -0.3 is 4.90 Å². The fraction of sp³-hybridized carbons (Fsp3) is 0.421. The zero-order valence-electron chi connectivity index (χ0n) is 12.7. The Hall–Kier alpha value is -1.83. The summed E-state index contributed by atoms with van der Waals surface area (Å²) in [5, 5.41) is 2.37. The SMILES string of the molecule is CCCC1CCCCN1c1ccc2cc(C=O)ccc2c1. The molecule has 2 aromatic rings. The summed E-state index contributed by atoms with van der Waals surface area (Å²) in [7, 11) is 0. The Balaban J connectivity index is 1.93. The summed E-state index contributed by atoms with van der Waals surface area (Å²) in [6.45, 7) is 3.44. The van der Waals surface area contributed by atoms with Crippen LogP contribution in [0, 0.1) is 0 Å². The van der Waals surface area contributed by atoms with E-state index in [9.17, 15) is 4.79 Å². The number of anilines is 1. The Labute approximate surface area is 126 Å². The van der Waals surface area contributed by atoms with E-state index >= 15 is 0 Å². The van der Waals surface area contributed by atoms with Crippen LogP contribution in [0.3, 0.4) is 0 Å². The van der Waals surface area contributed by atoms with Crippen molar-refractivity contribution < 1.29 is 4.79 Å². The van der Waals surface area contributed by atoms with Crippen LogP contribution in [0.5, 0.6) is 0 Å². The molecule has 0 N–H and O–H groups in total. The molecule has 1 aliphatic heterocycles. The second-order valence-corrected chi connectivity index (χ2v) is 6.04. The predicted molar refractivity (Wildman–Crippen MR) is 89.2 cm³/mol. The van der Waals surface area contributed by atoms with E-state index in [1.165, 1.54) is 49.7 Å². The van der Waals surface area contributed by atoms with E-state index in [0.717, 1.165) is 17.2 Å². The number of rotatable bonds is 4. The Kier molecular flexibility index (Phi) is 4.23. The fourth-order valence-electron chi connectivity index (χ4n) is 3.48. The molecule has 0 aromatic heterocycles. The van der Waals surface area contributed by atoms with Crippen molar-refractivity contribution in [3.8, 4) is 0 Å². The van der Waals surface area contributed by atoms with E-state index in [2.05, 4.69) is 36.1 Å². The minimum absolute atomic E-state index is 0.690. The monoisotopic (exact) mass is 281 g/mol. The summed E-state index contributed by atoms with van der Waals surface area (Å²) >= 11 is 0. The molecule has 21 heavy (non-hydrogen) atoms. The van der Waals surface area contributed by atoms with Gasteiger partial charge >= 0.3 is 0 Å². The summed E-state index contributed by atoms with van der Waals surface area (Å²) < 4.78 is 0. The quantitative estimate of drug-likeness (QED) is 0.749. The van der Waals surface area contributed by atoms with Crippen molar-refractivity contribution in [3.05, 3.63) is 42.0 Å². The molecule has 110 valence electrons. The zero-order valence-corrected chi connectivity index (χ0v) is 12.7. The standard InChI is InChI=1S/C19H23NO/c1-2-5-18-6-3-4-11-20(18)19-10-9-16-12-15(14-21)7-8-17(16)13-19/h7-10,12-14,18H,2-6,11H2,1H3. The Morgan fingerprint density at radius 1 is 1.14 bits per heavy atom. The summed E-state index contributed by atoms with van der Waals surface area (Å²) in [5.74, 6) is 0. The van der Waals surface area contributed by atoms with Crippen LogP contribution >= 0.6 is 0 Å². The van der Waals surface area contributed by atoms with Gasteiger partial charge in [0.05, 0.1) is 0 Å². The lowest BCUT2D eigenvalue weighted by atomic mass is 9.97. The lowest BCUT2D eigenvalue weighted by Gasteiger charge is -2.37. The van der Waals surface area contributed by atoms with Crippen molar-refractivity contribution in [2.75, 3.05) is 11.4 Å². The number of nitrogens with zero attached hydrogens (tertiary/aromatic N) is 1. The van der Waals surface area contributed by atoms with Gasteiger partial charge in [-0.05, 0) is 54.7 Å². The molecule has 2 nitrogen and oxygen atoms in total. The number of hydrogen-bond donors (Lipinski definition) is 0. The molecule has 1 aliphatic rings. The largest absolute Gasteiger partial charge is 0.369 e. The molecule has 3 rings (SSSR count). The van der Waals surface area contributed by atoms with Gasteiger partial charge in [-0.3, -0.25) is 4.79 Å². The van der Waals surface area contributed by atoms with E-state index in [4.69, 9.17) is 0 Å². The van der Waals surface area contributed by atoms with Crippen molar-refractivity contribution in [1.29, 1.82) is 0 Å². The topological polar surface area (TPSA) is 20.3 Å². The molecule has 1 atom stereocenters. The van der Waals surface area contributed by atoms with Crippen molar-refractivity contribution in [2.45, 2.75) is 45.1 Å². The highest BCUT2D eigenvalue weighted by molar-refractivity contribution is 5.91. The van der Waals surface area contributed by atoms with E-state index in [0.29, 0.717) is 6.04 Å². The van der Waals surface area contributed by atoms with Gasteiger partial charge in [0.1, 0.15) is 6.29 Å². The highest BCUT2D eigenvalue weighted by atomic mass is 16.1. The summed E-state index contributed by atoms with van der Waals surface area (Å²) in [6.07, 6.45) is 7.41. The molecular weight excluding hydrogens is 258 g/mol. The maximum absolute atomic E-state index is 10.9. The number of piperidine rings is 1. The van der Waals surface area contributed by atoms with Gasteiger partial charge in [0.25, 0.3) is 0 Å². The van der Waals surface area contributed by atoms with E-state index in [1.807, 2.05) is 12.1 Å². The Morgan fingerprint density at radius 3 is 2.76 bits per heavy atom. The van der Waals surface area contributed by atoms with Crippen LogP contribution in [0.4, 0.5) is 5.69 Å². The van der Waals surface area contributed by atoms with Crippen molar-refractivity contribution >= 4 is 22.7 Å². The van der Waals surface area contributed by atoms with Gasteiger partial charge in [0, 0.05) is 23.8 Å². The molecule has 2 aromatic carbocycles. The zero-order chi connectivity index (χ0) is 14.7. The molecule has 1 fully saturated rings. The molecular formula is C19H23NO. The van der Waals surface area contributed by atoms with Crippen LogP contribution in [0.2, 0.25) is 0 Å². The average molecular weight is 281 g/mol. The lowest BCUT2D eigenvalue weighted by Crippen LogP contribution is -2.39. The van der Waals surface area contributed by atoms with Gasteiger partial charge in [-0.2, -0.15) is 0 Å². The minimum Gasteiger partial charge on any atom is -0.369 e. The van der Waals surface area contributed by atoms with E-state index in [-0.39, 0.29) is 0 Å². The van der Waals surface area contributed by atoms with Crippen LogP contribution in [-0.4, -0.2) is 18.9 Å². The maximum atomic E-state index is 10.9. The normalized spacial score (nSPS) is 18.9. The molecule has 0 amide bonds. The number of hydrogen-bond acceptors (Lipinski definition) is 2. The van der Waals surface area contributed by atoms with Gasteiger partial charge in [0.2, 0.25) is 0 Å². The summed E-state index contributed by atoms with van der Waals surface area (Å²) in [4.78, 5) is 13.5. The molecule has 0 saturated carbocycles. The van der Waals surface area contributed by atoms with Crippen LogP contribution in [0.1, 0.15) is 49.4 Å². The molecule has 1 unspecified atom stereocenters. The highest BCUT2D eigenvalue weighted by Crippen LogP contribution is 2.30. The molecule has 0 spiro atoms. The van der Waals surface area contributed by atoms with E-state index < -0.39 is 0 Å². The first-order chi connectivity index (χ1) is 10.3. The first-order valence-electron chi connectivity index (χ1n) is 8.07. The van der Waals surface area contributed by atoms with Crippen LogP contribution < -0.4 is 4.90 Å². The first kappa shape index (κ1) is 14.1. The third kappa shape index (κ3) is 2.94. The molecule has 1 heterocycles. The molecule has 0 aliphatic carbocycles. The van der Waals surface area contributed by atoms with Crippen LogP contribution in [0.25, 0.3) is 10.8 Å². The minimum atomic E-state index is 0.690. The van der Waals surface area contributed by atoms with Crippen molar-refractivity contribution in [2.24, 2.45) is 0 Å². The second kappa shape index (κ2) is 6.30. The first-order valence-corrected chi connectivity index (χ1v) is 8.07. The third-order valence-corrected chi connectivity index (χ3v) is 4.56. The average Bonchev–Trinajstić information content (AvgIpc) is 2.55. The van der Waals surface area contributed by atoms with Crippen LogP contribution in [0.15, 0.2) is 36.4 Å². The van der Waals surface area contributed by atoms with Gasteiger partial charge in [-0.15, -0.1) is 0 Å². The van der Waals surface area contributed by atoms with Crippen molar-refractivity contribution in [1.82, 2.24) is 0 Å². The smallest absolute Gasteiger partial charge is 0.150 e. The molecule has 0 bridgehead atoms. The Morgan fingerprint density at radius 2 is 1.95 bits per heavy atom. The summed E-state index contributed by atoms with van der Waals surface area (Å²) in [6, 6.07) is 13.2. The molecule has 2 heteroatoms.